The van der Waals surface area contributed by atoms with Gasteiger partial charge in [0.2, 0.25) is 15.9 Å². The number of carbonyl (C=O) groups excluding carboxylic acids is 1. The number of nitrogens with one attached hydrogen (secondary N) is 1. The Balaban J connectivity index is 2.35. The lowest BCUT2D eigenvalue weighted by Gasteiger charge is -2.24. The Labute approximate surface area is 176 Å². The molecule has 0 saturated carbocycles. The average molecular weight is 467 g/mol. The van der Waals surface area contributed by atoms with Crippen molar-refractivity contribution >= 4 is 38.9 Å². The number of ether oxygens (including phenoxy) is 2. The van der Waals surface area contributed by atoms with Gasteiger partial charge in [-0.2, -0.15) is 13.2 Å². The highest BCUT2D eigenvalue weighted by molar-refractivity contribution is 7.92. The highest BCUT2D eigenvalue weighted by atomic mass is 35.5. The molecule has 0 radical (unpaired) electrons. The largest absolute Gasteiger partial charge is 0.497 e. The van der Waals surface area contributed by atoms with Crippen molar-refractivity contribution in [2.24, 2.45) is 0 Å². The summed E-state index contributed by atoms with van der Waals surface area (Å²) in [4.78, 5) is 12.4. The van der Waals surface area contributed by atoms with E-state index in [4.69, 9.17) is 21.1 Å². The molecule has 0 spiro atoms. The minimum absolute atomic E-state index is 0.0292. The Bertz CT molecular complexity index is 1040. The lowest BCUT2D eigenvalue weighted by atomic mass is 10.2. The molecule has 0 bridgehead atoms. The van der Waals surface area contributed by atoms with Gasteiger partial charge in [0, 0.05) is 11.8 Å². The average Bonchev–Trinajstić information content (AvgIpc) is 2.65. The number of carbonyl (C=O) groups is 1. The molecule has 30 heavy (non-hydrogen) atoms. The van der Waals surface area contributed by atoms with E-state index in [2.05, 4.69) is 5.32 Å². The third-order valence-electron chi connectivity index (χ3n) is 3.90. The number of sulfonamides is 1. The number of benzene rings is 2. The second-order valence-corrected chi connectivity index (χ2v) is 8.36. The predicted octanol–water partition coefficient (Wildman–Crippen LogP) is 3.78. The molecule has 164 valence electrons. The molecule has 2 aromatic carbocycles. The summed E-state index contributed by atoms with van der Waals surface area (Å²) < 4.78 is 74.6. The number of amides is 1. The van der Waals surface area contributed by atoms with Crippen LogP contribution in [0.25, 0.3) is 0 Å². The topological polar surface area (TPSA) is 84.9 Å². The van der Waals surface area contributed by atoms with Crippen molar-refractivity contribution in [3.05, 3.63) is 47.0 Å². The maximum Gasteiger partial charge on any atom is 0.417 e. The summed E-state index contributed by atoms with van der Waals surface area (Å²) in [6, 6.07) is 7.18. The van der Waals surface area contributed by atoms with Gasteiger partial charge in [-0.05, 0) is 30.3 Å². The molecule has 2 rings (SSSR count). The lowest BCUT2D eigenvalue weighted by Crippen LogP contribution is -2.37. The number of anilines is 2. The molecule has 2 aromatic rings. The van der Waals surface area contributed by atoms with Gasteiger partial charge in [0.25, 0.3) is 0 Å². The number of methoxy groups -OCH3 is 2. The summed E-state index contributed by atoms with van der Waals surface area (Å²) in [6.07, 6.45) is -3.84. The third-order valence-corrected chi connectivity index (χ3v) is 5.35. The van der Waals surface area contributed by atoms with Gasteiger partial charge < -0.3 is 14.8 Å². The fourth-order valence-corrected chi connectivity index (χ4v) is 3.60. The van der Waals surface area contributed by atoms with Crippen LogP contribution in [0.5, 0.6) is 11.5 Å². The van der Waals surface area contributed by atoms with Crippen LogP contribution in [-0.4, -0.2) is 41.3 Å². The fraction of sp³-hybridized carbons (Fsp3) is 0.278. The van der Waals surface area contributed by atoms with Crippen LogP contribution in [-0.2, 0) is 21.0 Å². The Morgan fingerprint density at radius 1 is 1.13 bits per heavy atom. The molecule has 0 aliphatic rings. The Hall–Kier alpha value is -2.66. The van der Waals surface area contributed by atoms with Crippen molar-refractivity contribution in [3.63, 3.8) is 0 Å². The number of hydrogen-bond donors (Lipinski definition) is 1. The molecule has 0 heterocycles. The van der Waals surface area contributed by atoms with Crippen LogP contribution in [0.15, 0.2) is 36.4 Å². The zero-order valence-corrected chi connectivity index (χ0v) is 17.7. The SMILES string of the molecule is COc1ccc(OC)c(N(CC(=O)Nc2ccc(Cl)c(C(F)(F)F)c2)S(C)(=O)=O)c1. The summed E-state index contributed by atoms with van der Waals surface area (Å²) in [5.74, 6) is -0.409. The smallest absolute Gasteiger partial charge is 0.417 e. The molecule has 7 nitrogen and oxygen atoms in total. The van der Waals surface area contributed by atoms with E-state index in [-0.39, 0.29) is 17.1 Å². The molecule has 0 aromatic heterocycles. The number of alkyl halides is 3. The van der Waals surface area contributed by atoms with E-state index < -0.39 is 39.2 Å². The summed E-state index contributed by atoms with van der Waals surface area (Å²) >= 11 is 5.56. The number of hydrogen-bond acceptors (Lipinski definition) is 5. The lowest BCUT2D eigenvalue weighted by molar-refractivity contribution is -0.137. The monoisotopic (exact) mass is 466 g/mol. The Morgan fingerprint density at radius 3 is 2.33 bits per heavy atom. The molecular formula is C18H18ClF3N2O5S. The Kier molecular flexibility index (Phi) is 7.09. The van der Waals surface area contributed by atoms with Gasteiger partial charge in [-0.25, -0.2) is 8.42 Å². The number of rotatable bonds is 7. The first kappa shape index (κ1) is 23.6. The molecule has 0 fully saturated rings. The van der Waals surface area contributed by atoms with E-state index in [1.54, 1.807) is 0 Å². The zero-order chi connectivity index (χ0) is 22.7. The fourth-order valence-electron chi connectivity index (χ4n) is 2.52. The number of halogens is 4. The van der Waals surface area contributed by atoms with Crippen molar-refractivity contribution in [1.29, 1.82) is 0 Å². The molecule has 0 atom stereocenters. The molecule has 12 heteroatoms. The molecule has 0 aliphatic heterocycles. The molecular weight excluding hydrogens is 449 g/mol. The van der Waals surface area contributed by atoms with Crippen molar-refractivity contribution in [2.75, 3.05) is 36.6 Å². The van der Waals surface area contributed by atoms with Crippen LogP contribution < -0.4 is 19.1 Å². The standard InChI is InChI=1S/C18H18ClF3N2O5S/c1-28-12-5-7-16(29-2)15(9-12)24(30(3,26)27)10-17(25)23-11-4-6-14(19)13(8-11)18(20,21)22/h4-9H,10H2,1-3H3,(H,23,25). The van der Waals surface area contributed by atoms with Gasteiger partial charge in [0.05, 0.1) is 36.7 Å². The van der Waals surface area contributed by atoms with Crippen molar-refractivity contribution in [1.82, 2.24) is 0 Å². The van der Waals surface area contributed by atoms with Gasteiger partial charge in [-0.3, -0.25) is 9.10 Å². The highest BCUT2D eigenvalue weighted by Gasteiger charge is 2.33. The molecule has 0 saturated heterocycles. The highest BCUT2D eigenvalue weighted by Crippen LogP contribution is 2.36. The van der Waals surface area contributed by atoms with E-state index in [1.165, 1.54) is 38.5 Å². The summed E-state index contributed by atoms with van der Waals surface area (Å²) in [6.45, 7) is -0.716. The first-order valence-electron chi connectivity index (χ1n) is 8.23. The summed E-state index contributed by atoms with van der Waals surface area (Å²) in [7, 11) is -1.27. The minimum atomic E-state index is -4.72. The maximum absolute atomic E-state index is 13.0. The van der Waals surface area contributed by atoms with Crippen LogP contribution in [0.2, 0.25) is 5.02 Å². The van der Waals surface area contributed by atoms with Gasteiger partial charge in [-0.15, -0.1) is 0 Å². The molecule has 0 aliphatic carbocycles. The molecule has 0 unspecified atom stereocenters. The molecule has 1 N–H and O–H groups in total. The van der Waals surface area contributed by atoms with Crippen LogP contribution in [0.1, 0.15) is 5.56 Å². The summed E-state index contributed by atoms with van der Waals surface area (Å²) in [5, 5.41) is 1.72. The van der Waals surface area contributed by atoms with Gasteiger partial charge in [0.15, 0.2) is 0 Å². The van der Waals surface area contributed by atoms with E-state index in [0.29, 0.717) is 11.8 Å². The van der Waals surface area contributed by atoms with Crippen LogP contribution in [0, 0.1) is 0 Å². The first-order chi connectivity index (χ1) is 13.9. The van der Waals surface area contributed by atoms with Crippen molar-refractivity contribution in [3.8, 4) is 11.5 Å². The third kappa shape index (κ3) is 5.70. The van der Waals surface area contributed by atoms with Gasteiger partial charge in [0.1, 0.15) is 18.0 Å². The van der Waals surface area contributed by atoms with Gasteiger partial charge >= 0.3 is 6.18 Å². The Morgan fingerprint density at radius 2 is 1.80 bits per heavy atom. The minimum Gasteiger partial charge on any atom is -0.497 e. The van der Waals surface area contributed by atoms with E-state index >= 15 is 0 Å². The quantitative estimate of drug-likeness (QED) is 0.671. The van der Waals surface area contributed by atoms with Crippen molar-refractivity contribution in [2.45, 2.75) is 6.18 Å². The second kappa shape index (κ2) is 9.00. The first-order valence-corrected chi connectivity index (χ1v) is 10.5. The van der Waals surface area contributed by atoms with Crippen LogP contribution >= 0.6 is 11.6 Å². The molecule has 1 amide bonds. The maximum atomic E-state index is 13.0. The van der Waals surface area contributed by atoms with E-state index in [9.17, 15) is 26.4 Å². The predicted molar refractivity (Wildman–Crippen MR) is 107 cm³/mol. The number of nitrogens with zero attached hydrogens (tertiary/aromatic N) is 1. The van der Waals surface area contributed by atoms with E-state index in [0.717, 1.165) is 16.6 Å². The van der Waals surface area contributed by atoms with Crippen LogP contribution in [0.4, 0.5) is 24.5 Å². The van der Waals surface area contributed by atoms with Crippen molar-refractivity contribution < 1.29 is 35.9 Å². The van der Waals surface area contributed by atoms with Crippen LogP contribution in [0.3, 0.4) is 0 Å². The second-order valence-electron chi connectivity index (χ2n) is 6.05. The summed E-state index contributed by atoms with van der Waals surface area (Å²) in [5.41, 5.74) is -1.29. The van der Waals surface area contributed by atoms with E-state index in [1.807, 2.05) is 0 Å². The normalized spacial score (nSPS) is 11.7. The van der Waals surface area contributed by atoms with Gasteiger partial charge in [-0.1, -0.05) is 11.6 Å². The zero-order valence-electron chi connectivity index (χ0n) is 16.1.